The monoisotopic (exact) mass is 145 g/mol. The van der Waals surface area contributed by atoms with Crippen molar-refractivity contribution in [3.05, 3.63) is 0 Å². The van der Waals surface area contributed by atoms with Gasteiger partial charge in [-0.15, -0.1) is 11.6 Å². The first-order chi connectivity index (χ1) is 4.39. The minimum Gasteiger partial charge on any atom is -0.312 e. The molecular weight excluding hydrogens is 134 g/mol. The van der Waals surface area contributed by atoms with Crippen LogP contribution in [-0.4, -0.2) is 18.0 Å². The van der Waals surface area contributed by atoms with Crippen molar-refractivity contribution in [3.8, 4) is 0 Å². The molecule has 0 bridgehead atoms. The molecule has 1 N–H and O–H groups in total. The molecule has 1 saturated heterocycles. The third-order valence-corrected chi connectivity index (χ3v) is 3.01. The number of fused-ring (bicyclic) bond motifs is 1. The lowest BCUT2D eigenvalue weighted by molar-refractivity contribution is 0.658. The van der Waals surface area contributed by atoms with E-state index in [-0.39, 0.29) is 0 Å². The van der Waals surface area contributed by atoms with Gasteiger partial charge in [-0.2, -0.15) is 0 Å². The summed E-state index contributed by atoms with van der Waals surface area (Å²) in [7, 11) is 0. The van der Waals surface area contributed by atoms with Crippen LogP contribution in [0.25, 0.3) is 0 Å². The molecule has 52 valence electrons. The molecule has 2 rings (SSSR count). The van der Waals surface area contributed by atoms with Crippen LogP contribution in [0.4, 0.5) is 0 Å². The van der Waals surface area contributed by atoms with E-state index < -0.39 is 0 Å². The quantitative estimate of drug-likeness (QED) is 0.508. The maximum atomic E-state index is 5.97. The first kappa shape index (κ1) is 5.99. The van der Waals surface area contributed by atoms with Gasteiger partial charge in [0.1, 0.15) is 0 Å². The van der Waals surface area contributed by atoms with Crippen molar-refractivity contribution in [2.24, 2.45) is 5.92 Å². The predicted octanol–water partition coefficient (Wildman–Crippen LogP) is 1.37. The summed E-state index contributed by atoms with van der Waals surface area (Å²) in [6, 6.07) is 0.675. The number of hydrogen-bond donors (Lipinski definition) is 1. The smallest absolute Gasteiger partial charge is 0.0536 e. The Hall–Kier alpha value is 0.250. The van der Waals surface area contributed by atoms with Gasteiger partial charge in [0.2, 0.25) is 0 Å². The van der Waals surface area contributed by atoms with Crippen LogP contribution in [-0.2, 0) is 0 Å². The van der Waals surface area contributed by atoms with E-state index >= 15 is 0 Å². The van der Waals surface area contributed by atoms with E-state index in [9.17, 15) is 0 Å². The molecule has 0 aromatic carbocycles. The summed E-state index contributed by atoms with van der Waals surface area (Å²) in [5.74, 6) is 0.814. The van der Waals surface area contributed by atoms with E-state index in [2.05, 4.69) is 5.32 Å². The van der Waals surface area contributed by atoms with Crippen molar-refractivity contribution in [1.29, 1.82) is 0 Å². The summed E-state index contributed by atoms with van der Waals surface area (Å²) in [5, 5.41) is 3.90. The molecule has 1 nitrogen and oxygen atoms in total. The fraction of sp³-hybridized carbons (Fsp3) is 1.00. The third kappa shape index (κ3) is 0.968. The lowest BCUT2D eigenvalue weighted by atomic mass is 10.2. The van der Waals surface area contributed by atoms with Gasteiger partial charge in [-0.3, -0.25) is 0 Å². The Kier molecular flexibility index (Phi) is 1.42. The zero-order valence-electron chi connectivity index (χ0n) is 5.44. The summed E-state index contributed by atoms with van der Waals surface area (Å²) in [4.78, 5) is 0. The topological polar surface area (TPSA) is 12.0 Å². The van der Waals surface area contributed by atoms with Crippen molar-refractivity contribution >= 4 is 11.6 Å². The molecule has 1 aliphatic carbocycles. The van der Waals surface area contributed by atoms with Gasteiger partial charge in [-0.1, -0.05) is 6.42 Å². The average molecular weight is 146 g/mol. The SMILES string of the molecule is Cl[C@H]1[C@@H]2CCCCN[C@H]12. The van der Waals surface area contributed by atoms with Gasteiger partial charge in [-0.25, -0.2) is 0 Å². The van der Waals surface area contributed by atoms with Crippen LogP contribution in [0.2, 0.25) is 0 Å². The molecule has 1 aliphatic heterocycles. The fourth-order valence-electron chi connectivity index (χ4n) is 1.71. The molecular formula is C7H12ClN. The second kappa shape index (κ2) is 2.14. The highest BCUT2D eigenvalue weighted by Crippen LogP contribution is 2.41. The van der Waals surface area contributed by atoms with E-state index in [1.54, 1.807) is 0 Å². The Morgan fingerprint density at radius 1 is 1.33 bits per heavy atom. The molecule has 9 heavy (non-hydrogen) atoms. The number of nitrogens with one attached hydrogen (secondary N) is 1. The van der Waals surface area contributed by atoms with E-state index in [4.69, 9.17) is 11.6 Å². The van der Waals surface area contributed by atoms with Crippen LogP contribution >= 0.6 is 11.6 Å². The zero-order valence-corrected chi connectivity index (χ0v) is 6.19. The van der Waals surface area contributed by atoms with Gasteiger partial charge in [-0.05, 0) is 25.3 Å². The van der Waals surface area contributed by atoms with Crippen molar-refractivity contribution in [3.63, 3.8) is 0 Å². The van der Waals surface area contributed by atoms with Crippen molar-refractivity contribution < 1.29 is 0 Å². The van der Waals surface area contributed by atoms with E-state index in [1.807, 2.05) is 0 Å². The van der Waals surface area contributed by atoms with Crippen molar-refractivity contribution in [2.75, 3.05) is 6.54 Å². The molecule has 2 aliphatic rings. The molecule has 0 aromatic heterocycles. The van der Waals surface area contributed by atoms with E-state index in [0.717, 1.165) is 5.92 Å². The maximum Gasteiger partial charge on any atom is 0.0536 e. The lowest BCUT2D eigenvalue weighted by Crippen LogP contribution is -2.18. The van der Waals surface area contributed by atoms with E-state index in [1.165, 1.54) is 25.8 Å². The van der Waals surface area contributed by atoms with Crippen LogP contribution in [0.1, 0.15) is 19.3 Å². The van der Waals surface area contributed by atoms with Crippen LogP contribution < -0.4 is 5.32 Å². The van der Waals surface area contributed by atoms with Gasteiger partial charge >= 0.3 is 0 Å². The van der Waals surface area contributed by atoms with E-state index in [0.29, 0.717) is 11.4 Å². The molecule has 0 spiro atoms. The standard InChI is InChI=1S/C7H12ClN/c8-6-5-3-1-2-4-9-7(5)6/h5-7,9H,1-4H2/t5-,6-,7-/m0/s1. The first-order valence-corrected chi connectivity index (χ1v) is 4.21. The van der Waals surface area contributed by atoms with Crippen LogP contribution in [0.5, 0.6) is 0 Å². The number of rotatable bonds is 0. The van der Waals surface area contributed by atoms with Gasteiger partial charge in [0.25, 0.3) is 0 Å². The summed E-state index contributed by atoms with van der Waals surface area (Å²) >= 11 is 5.97. The predicted molar refractivity (Wildman–Crippen MR) is 38.8 cm³/mol. The van der Waals surface area contributed by atoms with Crippen LogP contribution in [0.3, 0.4) is 0 Å². The van der Waals surface area contributed by atoms with Gasteiger partial charge in [0.15, 0.2) is 0 Å². The largest absolute Gasteiger partial charge is 0.312 e. The number of halogens is 1. The Balaban J connectivity index is 1.93. The average Bonchev–Trinajstić information content (AvgIpc) is 2.51. The molecule has 0 unspecified atom stereocenters. The van der Waals surface area contributed by atoms with Gasteiger partial charge < -0.3 is 5.32 Å². The Morgan fingerprint density at radius 2 is 2.22 bits per heavy atom. The highest BCUT2D eigenvalue weighted by molar-refractivity contribution is 6.23. The van der Waals surface area contributed by atoms with Crippen LogP contribution in [0, 0.1) is 5.92 Å². The molecule has 2 fully saturated rings. The minimum absolute atomic E-state index is 0.463. The molecule has 1 heterocycles. The molecule has 3 atom stereocenters. The lowest BCUT2D eigenvalue weighted by Gasteiger charge is -1.96. The highest BCUT2D eigenvalue weighted by Gasteiger charge is 2.48. The molecule has 2 heteroatoms. The normalized spacial score (nSPS) is 49.7. The molecule has 0 aromatic rings. The molecule has 1 saturated carbocycles. The number of alkyl halides is 1. The highest BCUT2D eigenvalue weighted by atomic mass is 35.5. The summed E-state index contributed by atoms with van der Waals surface area (Å²) in [6.45, 7) is 1.18. The Labute approximate surface area is 60.8 Å². The summed E-state index contributed by atoms with van der Waals surface area (Å²) in [6.07, 6.45) is 4.07. The fourth-order valence-corrected chi connectivity index (χ4v) is 2.18. The van der Waals surface area contributed by atoms with Crippen LogP contribution in [0.15, 0.2) is 0 Å². The second-order valence-electron chi connectivity index (χ2n) is 3.08. The summed E-state index contributed by atoms with van der Waals surface area (Å²) < 4.78 is 0. The summed E-state index contributed by atoms with van der Waals surface area (Å²) in [5.41, 5.74) is 0. The maximum absolute atomic E-state index is 5.97. The Bertz CT molecular complexity index is 103. The molecule has 0 radical (unpaired) electrons. The van der Waals surface area contributed by atoms with Crippen molar-refractivity contribution in [2.45, 2.75) is 30.7 Å². The van der Waals surface area contributed by atoms with Crippen molar-refractivity contribution in [1.82, 2.24) is 5.32 Å². The first-order valence-electron chi connectivity index (χ1n) is 3.77. The van der Waals surface area contributed by atoms with Gasteiger partial charge in [0.05, 0.1) is 5.38 Å². The molecule has 0 amide bonds. The Morgan fingerprint density at radius 3 is 3.11 bits per heavy atom. The third-order valence-electron chi connectivity index (χ3n) is 2.42. The zero-order chi connectivity index (χ0) is 6.27. The number of hydrogen-bond acceptors (Lipinski definition) is 1. The minimum atomic E-state index is 0.463. The van der Waals surface area contributed by atoms with Gasteiger partial charge in [0, 0.05) is 6.04 Å². The second-order valence-corrected chi connectivity index (χ2v) is 3.59.